The Hall–Kier alpha value is -1.69. The molecule has 0 aliphatic heterocycles. The van der Waals surface area contributed by atoms with Gasteiger partial charge in [0.05, 0.1) is 0 Å². The second-order valence-corrected chi connectivity index (χ2v) is 6.28. The van der Waals surface area contributed by atoms with Gasteiger partial charge >= 0.3 is 5.97 Å². The van der Waals surface area contributed by atoms with Crippen LogP contribution in [0.2, 0.25) is 0 Å². The first-order valence-electron chi connectivity index (χ1n) is 6.15. The van der Waals surface area contributed by atoms with E-state index in [0.29, 0.717) is 0 Å². The summed E-state index contributed by atoms with van der Waals surface area (Å²) in [6.07, 6.45) is 0. The number of carbonyl (C=O) groups is 1. The monoisotopic (exact) mass is 303 g/mol. The number of rotatable bonds is 4. The average molecular weight is 303 g/mol. The summed E-state index contributed by atoms with van der Waals surface area (Å²) >= 11 is 3.09. The number of carboxylic acids is 1. The largest absolute Gasteiger partial charge is 0.481 e. The van der Waals surface area contributed by atoms with E-state index in [9.17, 15) is 9.90 Å². The molecule has 3 nitrogen and oxygen atoms in total. The van der Waals surface area contributed by atoms with Gasteiger partial charge in [-0.1, -0.05) is 18.2 Å². The first-order chi connectivity index (χ1) is 9.68. The van der Waals surface area contributed by atoms with Gasteiger partial charge in [-0.2, -0.15) is 11.3 Å². The molecule has 2 heterocycles. The summed E-state index contributed by atoms with van der Waals surface area (Å²) in [6, 6.07) is 9.23. The lowest BCUT2D eigenvalue weighted by atomic mass is 9.89. The quantitative estimate of drug-likeness (QED) is 0.770. The van der Waals surface area contributed by atoms with E-state index in [1.807, 2.05) is 46.5 Å². The third-order valence-corrected chi connectivity index (χ3v) is 5.08. The van der Waals surface area contributed by atoms with Gasteiger partial charge in [0.15, 0.2) is 0 Å². The molecule has 2 atom stereocenters. The van der Waals surface area contributed by atoms with Crippen LogP contribution in [-0.4, -0.2) is 11.1 Å². The molecule has 3 rings (SSSR count). The number of fused-ring (bicyclic) bond motifs is 1. The Bertz CT molecular complexity index is 733. The Balaban J connectivity index is 2.06. The topological polar surface area (TPSA) is 63.3 Å². The molecule has 3 N–H and O–H groups in total. The van der Waals surface area contributed by atoms with Crippen molar-refractivity contribution in [3.63, 3.8) is 0 Å². The molecule has 2 unspecified atom stereocenters. The van der Waals surface area contributed by atoms with Crippen molar-refractivity contribution in [2.45, 2.75) is 12.0 Å². The molecule has 2 aromatic heterocycles. The third-order valence-electron chi connectivity index (χ3n) is 3.40. The molecule has 1 aromatic carbocycles. The van der Waals surface area contributed by atoms with Crippen LogP contribution in [0.25, 0.3) is 10.1 Å². The molecule has 0 saturated heterocycles. The summed E-state index contributed by atoms with van der Waals surface area (Å²) in [6.45, 7) is 0. The minimum absolute atomic E-state index is 0.543. The molecular formula is C15H13NO2S2. The van der Waals surface area contributed by atoms with Gasteiger partial charge in [-0.15, -0.1) is 11.3 Å². The molecule has 5 heteroatoms. The maximum absolute atomic E-state index is 11.6. The minimum Gasteiger partial charge on any atom is -0.481 e. The van der Waals surface area contributed by atoms with E-state index in [2.05, 4.69) is 0 Å². The maximum Gasteiger partial charge on any atom is 0.312 e. The number of benzene rings is 1. The van der Waals surface area contributed by atoms with Gasteiger partial charge in [0.1, 0.15) is 5.92 Å². The van der Waals surface area contributed by atoms with E-state index < -0.39 is 17.9 Å². The number of thiophene rings is 2. The molecule has 0 radical (unpaired) electrons. The number of carboxylic acid groups (broad SMARTS) is 1. The van der Waals surface area contributed by atoms with E-state index in [1.54, 1.807) is 11.3 Å². The molecule has 102 valence electrons. The zero-order valence-electron chi connectivity index (χ0n) is 10.5. The predicted octanol–water partition coefficient (Wildman–Crippen LogP) is 3.83. The fourth-order valence-electron chi connectivity index (χ4n) is 2.39. The van der Waals surface area contributed by atoms with Crippen molar-refractivity contribution in [2.75, 3.05) is 0 Å². The molecule has 0 fully saturated rings. The fraction of sp³-hybridized carbons (Fsp3) is 0.133. The Kier molecular flexibility index (Phi) is 3.56. The fourth-order valence-corrected chi connectivity index (χ4v) is 4.10. The van der Waals surface area contributed by atoms with Crippen LogP contribution in [0.3, 0.4) is 0 Å². The van der Waals surface area contributed by atoms with Crippen LogP contribution in [0.4, 0.5) is 0 Å². The van der Waals surface area contributed by atoms with Gasteiger partial charge in [0, 0.05) is 10.7 Å². The molecule has 20 heavy (non-hydrogen) atoms. The van der Waals surface area contributed by atoms with Gasteiger partial charge in [0.25, 0.3) is 0 Å². The van der Waals surface area contributed by atoms with Crippen molar-refractivity contribution in [3.05, 3.63) is 57.6 Å². The van der Waals surface area contributed by atoms with Gasteiger partial charge < -0.3 is 10.8 Å². The number of hydrogen-bond donors (Lipinski definition) is 2. The molecule has 0 bridgehead atoms. The van der Waals surface area contributed by atoms with Gasteiger partial charge in [-0.3, -0.25) is 4.79 Å². The van der Waals surface area contributed by atoms with Gasteiger partial charge in [0.2, 0.25) is 0 Å². The average Bonchev–Trinajstić information content (AvgIpc) is 3.07. The summed E-state index contributed by atoms with van der Waals surface area (Å²) in [5.74, 6) is -1.59. The lowest BCUT2D eigenvalue weighted by molar-refractivity contribution is -0.139. The molecule has 0 spiro atoms. The molecule has 0 aliphatic carbocycles. The Labute approximate surface area is 124 Å². The van der Waals surface area contributed by atoms with Crippen LogP contribution in [0.5, 0.6) is 0 Å². The second kappa shape index (κ2) is 5.36. The second-order valence-electron chi connectivity index (χ2n) is 4.59. The van der Waals surface area contributed by atoms with Crippen LogP contribution in [0, 0.1) is 0 Å². The molecule has 0 amide bonds. The highest BCUT2D eigenvalue weighted by molar-refractivity contribution is 7.17. The van der Waals surface area contributed by atoms with E-state index in [-0.39, 0.29) is 0 Å². The summed E-state index contributed by atoms with van der Waals surface area (Å²) < 4.78 is 1.13. The zero-order valence-corrected chi connectivity index (χ0v) is 12.2. The van der Waals surface area contributed by atoms with Crippen molar-refractivity contribution >= 4 is 38.7 Å². The lowest BCUT2D eigenvalue weighted by Gasteiger charge is -2.19. The van der Waals surface area contributed by atoms with Gasteiger partial charge in [-0.05, 0) is 44.8 Å². The van der Waals surface area contributed by atoms with E-state index >= 15 is 0 Å². The standard InChI is InChI=1S/C15H13NO2S2/c16-14(13(15(17)18)9-5-6-19-7-9)11-8-20-12-4-2-1-3-10(11)12/h1-8,13-14H,16H2,(H,17,18). The molecule has 0 saturated carbocycles. The Morgan fingerprint density at radius 1 is 1.20 bits per heavy atom. The summed E-state index contributed by atoms with van der Waals surface area (Å²) in [4.78, 5) is 11.6. The summed E-state index contributed by atoms with van der Waals surface area (Å²) in [5, 5.41) is 16.3. The normalized spacial score (nSPS) is 14.2. The molecular weight excluding hydrogens is 290 g/mol. The SMILES string of the molecule is NC(c1csc2ccccc12)C(C(=O)O)c1ccsc1. The van der Waals surface area contributed by atoms with Crippen molar-refractivity contribution < 1.29 is 9.90 Å². The lowest BCUT2D eigenvalue weighted by Crippen LogP contribution is -2.25. The van der Waals surface area contributed by atoms with Crippen molar-refractivity contribution in [1.82, 2.24) is 0 Å². The Morgan fingerprint density at radius 3 is 2.70 bits per heavy atom. The number of hydrogen-bond acceptors (Lipinski definition) is 4. The zero-order chi connectivity index (χ0) is 14.1. The van der Waals surface area contributed by atoms with Crippen LogP contribution in [0.1, 0.15) is 23.1 Å². The Morgan fingerprint density at radius 2 is 2.00 bits per heavy atom. The predicted molar refractivity (Wildman–Crippen MR) is 83.4 cm³/mol. The van der Waals surface area contributed by atoms with Crippen molar-refractivity contribution in [2.24, 2.45) is 5.73 Å². The summed E-state index contributed by atoms with van der Waals surface area (Å²) in [7, 11) is 0. The van der Waals surface area contributed by atoms with Crippen LogP contribution >= 0.6 is 22.7 Å². The van der Waals surface area contributed by atoms with Gasteiger partial charge in [-0.25, -0.2) is 0 Å². The third kappa shape index (κ3) is 2.24. The highest BCUT2D eigenvalue weighted by atomic mass is 32.1. The number of aliphatic carboxylic acids is 1. The van der Waals surface area contributed by atoms with E-state index in [4.69, 9.17) is 5.73 Å². The molecule has 0 aliphatic rings. The minimum atomic E-state index is -0.883. The first-order valence-corrected chi connectivity index (χ1v) is 7.97. The highest BCUT2D eigenvalue weighted by Crippen LogP contribution is 2.37. The van der Waals surface area contributed by atoms with Crippen LogP contribution in [0.15, 0.2) is 46.5 Å². The van der Waals surface area contributed by atoms with Crippen molar-refractivity contribution in [1.29, 1.82) is 0 Å². The maximum atomic E-state index is 11.6. The number of nitrogens with two attached hydrogens (primary N) is 1. The highest BCUT2D eigenvalue weighted by Gasteiger charge is 2.30. The van der Waals surface area contributed by atoms with Crippen molar-refractivity contribution in [3.8, 4) is 0 Å². The van der Waals surface area contributed by atoms with E-state index in [1.165, 1.54) is 11.3 Å². The van der Waals surface area contributed by atoms with E-state index in [0.717, 1.165) is 21.2 Å². The van der Waals surface area contributed by atoms with Crippen LogP contribution < -0.4 is 5.73 Å². The molecule has 3 aromatic rings. The summed E-state index contributed by atoms with van der Waals surface area (Å²) in [5.41, 5.74) is 7.95. The van der Waals surface area contributed by atoms with Crippen LogP contribution in [-0.2, 0) is 4.79 Å². The first kappa shape index (κ1) is 13.3. The smallest absolute Gasteiger partial charge is 0.312 e.